The Morgan fingerprint density at radius 2 is 1.93 bits per heavy atom. The third-order valence-electron chi connectivity index (χ3n) is 5.25. The first-order valence-electron chi connectivity index (χ1n) is 9.24. The number of hydrogen-bond donors (Lipinski definition) is 2. The van der Waals surface area contributed by atoms with E-state index in [1.807, 2.05) is 0 Å². The Kier molecular flexibility index (Phi) is 5.11. The van der Waals surface area contributed by atoms with Gasteiger partial charge in [0.05, 0.1) is 17.0 Å². The Morgan fingerprint density at radius 3 is 2.57 bits per heavy atom. The maximum atomic E-state index is 14.2. The normalized spacial score (nSPS) is 20.4. The number of carbonyl (C=O) groups is 1. The lowest BCUT2D eigenvalue weighted by Crippen LogP contribution is -2.49. The van der Waals surface area contributed by atoms with Gasteiger partial charge in [-0.15, -0.1) is 10.2 Å². The Morgan fingerprint density at radius 1 is 1.13 bits per heavy atom. The molecule has 0 saturated heterocycles. The average Bonchev–Trinajstić information content (AvgIpc) is 2.71. The largest absolute Gasteiger partial charge is 0.478 e. The van der Waals surface area contributed by atoms with Crippen LogP contribution in [0.5, 0.6) is 0 Å². The standard InChI is InChI=1S/C21H17F3N4O2/c22-13-9-21(10-13,19-16(24)2-1-7-25-19)11-26-18-6-5-17(27-28-18)12-3-4-15(23)14(8-12)20(29)30/h1-8,13H,9-11H2,(H,26,28)(H,29,30). The SMILES string of the molecule is O=C(O)c1cc(-c2ccc(NCC3(c4ncccc4F)CC(F)C3)nn2)ccc1F. The third kappa shape index (κ3) is 3.70. The molecule has 2 aromatic heterocycles. The van der Waals surface area contributed by atoms with Crippen LogP contribution in [0.1, 0.15) is 28.9 Å². The van der Waals surface area contributed by atoms with Crippen LogP contribution in [0.3, 0.4) is 0 Å². The van der Waals surface area contributed by atoms with Crippen LogP contribution >= 0.6 is 0 Å². The first-order chi connectivity index (χ1) is 14.4. The van der Waals surface area contributed by atoms with E-state index in [0.29, 0.717) is 17.1 Å². The number of aromatic carboxylic acids is 1. The number of rotatable bonds is 6. The minimum absolute atomic E-state index is 0.160. The molecular weight excluding hydrogens is 397 g/mol. The molecule has 9 heteroatoms. The smallest absolute Gasteiger partial charge is 0.338 e. The molecule has 6 nitrogen and oxygen atoms in total. The van der Waals surface area contributed by atoms with Crippen LogP contribution in [0, 0.1) is 11.6 Å². The minimum atomic E-state index is -1.38. The van der Waals surface area contributed by atoms with Gasteiger partial charge in [-0.2, -0.15) is 0 Å². The van der Waals surface area contributed by atoms with Crippen LogP contribution in [-0.4, -0.2) is 39.0 Å². The topological polar surface area (TPSA) is 88.0 Å². The zero-order chi connectivity index (χ0) is 21.3. The maximum Gasteiger partial charge on any atom is 0.338 e. The predicted molar refractivity (Wildman–Crippen MR) is 103 cm³/mol. The summed E-state index contributed by atoms with van der Waals surface area (Å²) < 4.78 is 41.4. The number of carboxylic acids is 1. The van der Waals surface area contributed by atoms with Crippen LogP contribution < -0.4 is 5.32 Å². The lowest BCUT2D eigenvalue weighted by Gasteiger charge is -2.44. The molecule has 2 heterocycles. The van der Waals surface area contributed by atoms with Crippen molar-refractivity contribution in [1.82, 2.24) is 15.2 Å². The molecule has 0 amide bonds. The third-order valence-corrected chi connectivity index (χ3v) is 5.25. The molecule has 1 fully saturated rings. The van der Waals surface area contributed by atoms with Crippen LogP contribution in [0.4, 0.5) is 19.0 Å². The minimum Gasteiger partial charge on any atom is -0.478 e. The molecule has 1 aromatic carbocycles. The number of halogens is 3. The van der Waals surface area contributed by atoms with E-state index in [-0.39, 0.29) is 25.1 Å². The van der Waals surface area contributed by atoms with Gasteiger partial charge in [0.1, 0.15) is 23.6 Å². The van der Waals surface area contributed by atoms with Crippen molar-refractivity contribution in [3.05, 3.63) is 71.6 Å². The number of carboxylic acid groups (broad SMARTS) is 1. The van der Waals surface area contributed by atoms with Gasteiger partial charge in [0.2, 0.25) is 0 Å². The van der Waals surface area contributed by atoms with E-state index in [0.717, 1.165) is 6.07 Å². The summed E-state index contributed by atoms with van der Waals surface area (Å²) in [5, 5.41) is 20.2. The van der Waals surface area contributed by atoms with E-state index in [1.165, 1.54) is 30.5 Å². The van der Waals surface area contributed by atoms with Gasteiger partial charge in [-0.3, -0.25) is 4.98 Å². The van der Waals surface area contributed by atoms with Crippen molar-refractivity contribution in [2.24, 2.45) is 0 Å². The van der Waals surface area contributed by atoms with Gasteiger partial charge >= 0.3 is 5.97 Å². The van der Waals surface area contributed by atoms with Crippen LogP contribution in [0.15, 0.2) is 48.7 Å². The Balaban J connectivity index is 1.51. The molecule has 2 N–H and O–H groups in total. The first-order valence-corrected chi connectivity index (χ1v) is 9.24. The van der Waals surface area contributed by atoms with E-state index in [2.05, 4.69) is 20.5 Å². The van der Waals surface area contributed by atoms with E-state index in [9.17, 15) is 18.0 Å². The second kappa shape index (κ2) is 7.74. The number of nitrogens with one attached hydrogen (secondary N) is 1. The molecule has 30 heavy (non-hydrogen) atoms. The van der Waals surface area contributed by atoms with Gasteiger partial charge < -0.3 is 10.4 Å². The fourth-order valence-electron chi connectivity index (χ4n) is 3.67. The van der Waals surface area contributed by atoms with Gasteiger partial charge in [0, 0.05) is 23.7 Å². The molecule has 0 aliphatic heterocycles. The summed E-state index contributed by atoms with van der Waals surface area (Å²) in [5.41, 5.74) is -0.233. The second-order valence-corrected chi connectivity index (χ2v) is 7.28. The molecule has 0 atom stereocenters. The van der Waals surface area contributed by atoms with Gasteiger partial charge in [-0.1, -0.05) is 0 Å². The van der Waals surface area contributed by atoms with Gasteiger partial charge in [0.15, 0.2) is 0 Å². The fraction of sp³-hybridized carbons (Fsp3) is 0.238. The number of aromatic nitrogens is 3. The van der Waals surface area contributed by atoms with E-state index in [1.54, 1.807) is 12.1 Å². The number of anilines is 1. The fourth-order valence-corrected chi connectivity index (χ4v) is 3.67. The van der Waals surface area contributed by atoms with Crippen molar-refractivity contribution in [3.63, 3.8) is 0 Å². The van der Waals surface area contributed by atoms with E-state index < -0.39 is 34.8 Å². The molecule has 1 aliphatic carbocycles. The van der Waals surface area contributed by atoms with Crippen molar-refractivity contribution in [2.45, 2.75) is 24.4 Å². The average molecular weight is 414 g/mol. The van der Waals surface area contributed by atoms with Crippen molar-refractivity contribution in [3.8, 4) is 11.3 Å². The summed E-state index contributed by atoms with van der Waals surface area (Å²) in [7, 11) is 0. The molecular formula is C21H17F3N4O2. The quantitative estimate of drug-likeness (QED) is 0.634. The van der Waals surface area contributed by atoms with E-state index in [4.69, 9.17) is 5.11 Å². The molecule has 154 valence electrons. The highest BCUT2D eigenvalue weighted by Gasteiger charge is 2.48. The summed E-state index contributed by atoms with van der Waals surface area (Å²) >= 11 is 0. The van der Waals surface area contributed by atoms with Crippen LogP contribution in [0.2, 0.25) is 0 Å². The molecule has 3 aromatic rings. The molecule has 4 rings (SSSR count). The molecule has 0 bridgehead atoms. The number of alkyl halides is 1. The summed E-state index contributed by atoms with van der Waals surface area (Å²) in [4.78, 5) is 15.2. The second-order valence-electron chi connectivity index (χ2n) is 7.28. The zero-order valence-electron chi connectivity index (χ0n) is 15.6. The first kappa shape index (κ1) is 19.8. The van der Waals surface area contributed by atoms with Gasteiger partial charge in [0.25, 0.3) is 0 Å². The van der Waals surface area contributed by atoms with Crippen molar-refractivity contribution in [1.29, 1.82) is 0 Å². The number of hydrogen-bond acceptors (Lipinski definition) is 5. The Labute approximate surface area is 169 Å². The Bertz CT molecular complexity index is 1090. The van der Waals surface area contributed by atoms with Gasteiger partial charge in [-0.25, -0.2) is 18.0 Å². The molecule has 0 spiro atoms. The Hall–Kier alpha value is -3.49. The van der Waals surface area contributed by atoms with Crippen molar-refractivity contribution in [2.75, 3.05) is 11.9 Å². The van der Waals surface area contributed by atoms with Gasteiger partial charge in [-0.05, 0) is 55.3 Å². The highest BCUT2D eigenvalue weighted by atomic mass is 19.1. The summed E-state index contributed by atoms with van der Waals surface area (Å²) in [6, 6.07) is 9.65. The monoisotopic (exact) mass is 414 g/mol. The summed E-state index contributed by atoms with van der Waals surface area (Å²) in [5.74, 6) is -2.30. The number of nitrogens with zero attached hydrogens (tertiary/aromatic N) is 3. The maximum absolute atomic E-state index is 14.2. The highest BCUT2D eigenvalue weighted by molar-refractivity contribution is 5.89. The molecule has 1 aliphatic rings. The van der Waals surface area contributed by atoms with Crippen molar-refractivity contribution >= 4 is 11.8 Å². The van der Waals surface area contributed by atoms with E-state index >= 15 is 0 Å². The number of pyridine rings is 1. The lowest BCUT2D eigenvalue weighted by molar-refractivity contribution is 0.0692. The number of benzene rings is 1. The molecule has 1 saturated carbocycles. The molecule has 0 radical (unpaired) electrons. The summed E-state index contributed by atoms with van der Waals surface area (Å²) in [6.45, 7) is 0.231. The predicted octanol–water partition coefficient (Wildman–Crippen LogP) is 4.00. The van der Waals surface area contributed by atoms with Crippen LogP contribution in [-0.2, 0) is 5.41 Å². The van der Waals surface area contributed by atoms with Crippen molar-refractivity contribution < 1.29 is 23.1 Å². The molecule has 0 unspecified atom stereocenters. The lowest BCUT2D eigenvalue weighted by atomic mass is 9.65. The highest BCUT2D eigenvalue weighted by Crippen LogP contribution is 2.45. The summed E-state index contributed by atoms with van der Waals surface area (Å²) in [6.07, 6.45) is 0.789. The van der Waals surface area contributed by atoms with Crippen LogP contribution in [0.25, 0.3) is 11.3 Å². The zero-order valence-corrected chi connectivity index (χ0v) is 15.6.